The van der Waals surface area contributed by atoms with Gasteiger partial charge in [0.25, 0.3) is 0 Å². The van der Waals surface area contributed by atoms with Gasteiger partial charge in [0.15, 0.2) is 11.6 Å². The van der Waals surface area contributed by atoms with E-state index in [0.717, 1.165) is 5.56 Å². The summed E-state index contributed by atoms with van der Waals surface area (Å²) in [6, 6.07) is 9.93. The molecule has 2 heteroatoms. The zero-order valence-electron chi connectivity index (χ0n) is 10.4. The van der Waals surface area contributed by atoms with Gasteiger partial charge in [0.2, 0.25) is 0 Å². The molecule has 0 saturated heterocycles. The number of fused-ring (bicyclic) bond motifs is 1. The van der Waals surface area contributed by atoms with E-state index in [2.05, 4.69) is 0 Å². The van der Waals surface area contributed by atoms with Gasteiger partial charge in [-0.25, -0.2) is 0 Å². The SMILES string of the molecule is CC1(C)C(=O)[C@@H]2[C@H](C1=O)C2(C)c1ccccc1. The molecule has 1 unspecified atom stereocenters. The Labute approximate surface area is 101 Å². The molecule has 0 heterocycles. The van der Waals surface area contributed by atoms with Gasteiger partial charge in [-0.15, -0.1) is 0 Å². The molecule has 2 saturated carbocycles. The van der Waals surface area contributed by atoms with E-state index in [-0.39, 0.29) is 28.8 Å². The Kier molecular flexibility index (Phi) is 1.80. The molecule has 0 N–H and O–H groups in total. The van der Waals surface area contributed by atoms with Crippen LogP contribution in [0.3, 0.4) is 0 Å². The number of carbonyl (C=O) groups excluding carboxylic acids is 2. The maximum atomic E-state index is 12.2. The average Bonchev–Trinajstić information content (AvgIpc) is 2.89. The summed E-state index contributed by atoms with van der Waals surface area (Å²) in [5, 5.41) is 0. The van der Waals surface area contributed by atoms with Crippen LogP contribution in [0.4, 0.5) is 0 Å². The highest BCUT2D eigenvalue weighted by atomic mass is 16.2. The molecule has 2 aliphatic rings. The molecule has 3 rings (SSSR count). The summed E-state index contributed by atoms with van der Waals surface area (Å²) in [5.74, 6) is 0.0671. The Bertz CT molecular complexity index is 489. The Hall–Kier alpha value is -1.44. The molecule has 88 valence electrons. The second-order valence-electron chi connectivity index (χ2n) is 5.96. The van der Waals surface area contributed by atoms with Crippen molar-refractivity contribution in [1.82, 2.24) is 0 Å². The summed E-state index contributed by atoms with van der Waals surface area (Å²) in [6.07, 6.45) is 0. The highest BCUT2D eigenvalue weighted by Crippen LogP contribution is 2.68. The predicted octanol–water partition coefficient (Wildman–Crippen LogP) is 2.37. The maximum absolute atomic E-state index is 12.2. The van der Waals surface area contributed by atoms with Crippen molar-refractivity contribution in [1.29, 1.82) is 0 Å². The van der Waals surface area contributed by atoms with Crippen molar-refractivity contribution in [3.63, 3.8) is 0 Å². The van der Waals surface area contributed by atoms with Crippen LogP contribution in [0.5, 0.6) is 0 Å². The molecular weight excluding hydrogens is 212 g/mol. The largest absolute Gasteiger partial charge is 0.298 e. The van der Waals surface area contributed by atoms with Gasteiger partial charge in [-0.2, -0.15) is 0 Å². The summed E-state index contributed by atoms with van der Waals surface area (Å²) in [5.41, 5.74) is 0.112. The fourth-order valence-corrected chi connectivity index (χ4v) is 3.42. The smallest absolute Gasteiger partial charge is 0.150 e. The van der Waals surface area contributed by atoms with Crippen LogP contribution in [0.15, 0.2) is 30.3 Å². The van der Waals surface area contributed by atoms with Gasteiger partial charge in [0.1, 0.15) is 0 Å². The normalized spacial score (nSPS) is 38.1. The predicted molar refractivity (Wildman–Crippen MR) is 64.6 cm³/mol. The molecule has 0 spiro atoms. The summed E-state index contributed by atoms with van der Waals surface area (Å²) in [4.78, 5) is 24.5. The van der Waals surface area contributed by atoms with Crippen molar-refractivity contribution in [2.45, 2.75) is 26.2 Å². The van der Waals surface area contributed by atoms with Crippen molar-refractivity contribution in [3.05, 3.63) is 35.9 Å². The first-order valence-corrected chi connectivity index (χ1v) is 6.06. The molecular formula is C15H16O2. The average molecular weight is 228 g/mol. The molecule has 0 aliphatic heterocycles. The molecule has 2 nitrogen and oxygen atoms in total. The third-order valence-electron chi connectivity index (χ3n) is 4.71. The van der Waals surface area contributed by atoms with Gasteiger partial charge >= 0.3 is 0 Å². The van der Waals surface area contributed by atoms with E-state index >= 15 is 0 Å². The molecule has 0 aromatic heterocycles. The third-order valence-corrected chi connectivity index (χ3v) is 4.71. The van der Waals surface area contributed by atoms with Gasteiger partial charge in [-0.05, 0) is 19.4 Å². The highest BCUT2D eigenvalue weighted by Gasteiger charge is 2.77. The first-order chi connectivity index (χ1) is 7.91. The Balaban J connectivity index is 2.03. The zero-order chi connectivity index (χ0) is 12.4. The molecule has 1 aromatic rings. The standard InChI is InChI=1S/C15H16O2/c1-14(2)12(16)10-11(13(14)17)15(10,3)9-7-5-4-6-8-9/h4-8,10-11H,1-3H3/t10-,11+,15?. The lowest BCUT2D eigenvalue weighted by atomic mass is 9.77. The third kappa shape index (κ3) is 1.06. The number of benzene rings is 1. The zero-order valence-corrected chi connectivity index (χ0v) is 10.4. The lowest BCUT2D eigenvalue weighted by Crippen LogP contribution is -2.35. The van der Waals surface area contributed by atoms with Crippen molar-refractivity contribution in [2.75, 3.05) is 0 Å². The number of rotatable bonds is 1. The van der Waals surface area contributed by atoms with Crippen molar-refractivity contribution < 1.29 is 9.59 Å². The monoisotopic (exact) mass is 228 g/mol. The molecule has 2 fully saturated rings. The molecule has 0 bridgehead atoms. The Morgan fingerprint density at radius 1 is 0.882 bits per heavy atom. The van der Waals surface area contributed by atoms with E-state index in [1.54, 1.807) is 13.8 Å². The number of hydrogen-bond donors (Lipinski definition) is 0. The van der Waals surface area contributed by atoms with Crippen molar-refractivity contribution in [2.24, 2.45) is 17.3 Å². The minimum absolute atomic E-state index is 0.0904. The second-order valence-corrected chi connectivity index (χ2v) is 5.96. The minimum atomic E-state index is -0.760. The van der Waals surface area contributed by atoms with Crippen LogP contribution in [-0.4, -0.2) is 11.6 Å². The lowest BCUT2D eigenvalue weighted by molar-refractivity contribution is -0.136. The fourth-order valence-electron chi connectivity index (χ4n) is 3.42. The van der Waals surface area contributed by atoms with E-state index in [0.29, 0.717) is 0 Å². The number of hydrogen-bond acceptors (Lipinski definition) is 2. The van der Waals surface area contributed by atoms with E-state index in [4.69, 9.17) is 0 Å². The van der Waals surface area contributed by atoms with Crippen molar-refractivity contribution >= 4 is 11.6 Å². The van der Waals surface area contributed by atoms with Crippen molar-refractivity contribution in [3.8, 4) is 0 Å². The Morgan fingerprint density at radius 2 is 1.35 bits per heavy atom. The van der Waals surface area contributed by atoms with E-state index in [9.17, 15) is 9.59 Å². The first kappa shape index (κ1) is 10.7. The van der Waals surface area contributed by atoms with Crippen LogP contribution in [0.25, 0.3) is 0 Å². The van der Waals surface area contributed by atoms with Gasteiger partial charge < -0.3 is 0 Å². The fraction of sp³-hybridized carbons (Fsp3) is 0.467. The summed E-state index contributed by atoms with van der Waals surface area (Å²) >= 11 is 0. The topological polar surface area (TPSA) is 34.1 Å². The van der Waals surface area contributed by atoms with Crippen LogP contribution >= 0.6 is 0 Å². The lowest BCUT2D eigenvalue weighted by Gasteiger charge is -2.23. The molecule has 1 aromatic carbocycles. The van der Waals surface area contributed by atoms with Crippen LogP contribution in [0.2, 0.25) is 0 Å². The van der Waals surface area contributed by atoms with Crippen LogP contribution in [0, 0.1) is 17.3 Å². The molecule has 2 aliphatic carbocycles. The summed E-state index contributed by atoms with van der Waals surface area (Å²) in [6.45, 7) is 5.56. The number of carbonyl (C=O) groups is 2. The molecule has 17 heavy (non-hydrogen) atoms. The second kappa shape index (κ2) is 2.87. The molecule has 0 radical (unpaired) electrons. The van der Waals surface area contributed by atoms with Gasteiger partial charge in [-0.1, -0.05) is 37.3 Å². The maximum Gasteiger partial charge on any atom is 0.150 e. The molecule has 3 atom stereocenters. The van der Waals surface area contributed by atoms with E-state index in [1.165, 1.54) is 0 Å². The first-order valence-electron chi connectivity index (χ1n) is 6.06. The van der Waals surface area contributed by atoms with E-state index < -0.39 is 5.41 Å². The van der Waals surface area contributed by atoms with Gasteiger partial charge in [0.05, 0.1) is 5.41 Å². The number of ketones is 2. The minimum Gasteiger partial charge on any atom is -0.298 e. The van der Waals surface area contributed by atoms with Gasteiger partial charge in [0, 0.05) is 17.3 Å². The van der Waals surface area contributed by atoms with Crippen LogP contribution in [-0.2, 0) is 15.0 Å². The Morgan fingerprint density at radius 3 is 1.82 bits per heavy atom. The number of Topliss-reactive ketones (excluding diaryl/α,β-unsaturated/α-hetero) is 2. The molecule has 0 amide bonds. The summed E-state index contributed by atoms with van der Waals surface area (Å²) < 4.78 is 0. The van der Waals surface area contributed by atoms with Crippen LogP contribution in [0.1, 0.15) is 26.3 Å². The van der Waals surface area contributed by atoms with E-state index in [1.807, 2.05) is 37.3 Å². The quantitative estimate of drug-likeness (QED) is 0.691. The highest BCUT2D eigenvalue weighted by molar-refractivity contribution is 6.20. The van der Waals surface area contributed by atoms with Crippen LogP contribution < -0.4 is 0 Å². The summed E-state index contributed by atoms with van der Waals surface area (Å²) in [7, 11) is 0. The van der Waals surface area contributed by atoms with Gasteiger partial charge in [-0.3, -0.25) is 9.59 Å².